The number of para-hydroxylation sites is 1. The van der Waals surface area contributed by atoms with Gasteiger partial charge >= 0.3 is 0 Å². The minimum Gasteiger partial charge on any atom is -0.302 e. The molecule has 3 aromatic rings. The number of carbonyl (C=O) groups is 1. The molecule has 30 heavy (non-hydrogen) atoms. The number of fused-ring (bicyclic) bond motifs is 1. The maximum Gasteiger partial charge on any atom is 0.260 e. The van der Waals surface area contributed by atoms with Crippen LogP contribution in [0.15, 0.2) is 47.4 Å². The van der Waals surface area contributed by atoms with E-state index in [1.807, 2.05) is 29.2 Å². The van der Waals surface area contributed by atoms with Crippen molar-refractivity contribution in [3.8, 4) is 0 Å². The largest absolute Gasteiger partial charge is 0.302 e. The summed E-state index contributed by atoms with van der Waals surface area (Å²) < 4.78 is 1.12. The standard InChI is InChI=1S/C23H29N3OS2.ClH/c1-5-25(6-2)14-15-26(22(27)18-11-9-12-19(16-18)28-7-3)23-24-21-17(4)10-8-13-20(21)29-23;/h8-13,16H,5-7,14-15H2,1-4H3;1H. The molecule has 0 radical (unpaired) electrons. The van der Waals surface area contributed by atoms with Crippen LogP contribution in [0.3, 0.4) is 0 Å². The first-order valence-electron chi connectivity index (χ1n) is 10.2. The van der Waals surface area contributed by atoms with E-state index in [0.717, 1.165) is 56.8 Å². The van der Waals surface area contributed by atoms with Crippen LogP contribution in [0.4, 0.5) is 5.13 Å². The summed E-state index contributed by atoms with van der Waals surface area (Å²) in [5.74, 6) is 1.01. The van der Waals surface area contributed by atoms with Crippen LogP contribution in [0.25, 0.3) is 10.2 Å². The molecular formula is C23H30ClN3OS2. The summed E-state index contributed by atoms with van der Waals surface area (Å²) in [5.41, 5.74) is 2.85. The smallest absolute Gasteiger partial charge is 0.260 e. The van der Waals surface area contributed by atoms with Gasteiger partial charge in [-0.05, 0) is 55.6 Å². The number of rotatable bonds is 9. The van der Waals surface area contributed by atoms with E-state index in [0.29, 0.717) is 6.54 Å². The number of aryl methyl sites for hydroxylation is 1. The predicted octanol–water partition coefficient (Wildman–Crippen LogP) is 6.13. The molecule has 0 bridgehead atoms. The number of hydrogen-bond donors (Lipinski definition) is 0. The minimum atomic E-state index is 0. The highest BCUT2D eigenvalue weighted by Gasteiger charge is 2.22. The summed E-state index contributed by atoms with van der Waals surface area (Å²) in [7, 11) is 0. The van der Waals surface area contributed by atoms with Crippen LogP contribution in [-0.2, 0) is 0 Å². The number of benzene rings is 2. The van der Waals surface area contributed by atoms with E-state index in [9.17, 15) is 4.79 Å². The second-order valence-corrected chi connectivity index (χ2v) is 9.21. The molecule has 7 heteroatoms. The summed E-state index contributed by atoms with van der Waals surface area (Å²) in [6, 6.07) is 14.1. The minimum absolute atomic E-state index is 0. The number of amides is 1. The first kappa shape index (κ1) is 24.7. The van der Waals surface area contributed by atoms with E-state index in [2.05, 4.69) is 50.8 Å². The van der Waals surface area contributed by atoms with Crippen molar-refractivity contribution in [1.29, 1.82) is 0 Å². The van der Waals surface area contributed by atoms with Gasteiger partial charge in [0, 0.05) is 23.5 Å². The zero-order valence-electron chi connectivity index (χ0n) is 18.1. The Morgan fingerprint density at radius 3 is 2.47 bits per heavy atom. The SMILES string of the molecule is CCSc1cccc(C(=O)N(CCN(CC)CC)c2nc3c(C)cccc3s2)c1.Cl. The van der Waals surface area contributed by atoms with Crippen molar-refractivity contribution >= 4 is 56.8 Å². The van der Waals surface area contributed by atoms with E-state index >= 15 is 0 Å². The topological polar surface area (TPSA) is 36.4 Å². The normalized spacial score (nSPS) is 11.0. The third kappa shape index (κ3) is 5.76. The highest BCUT2D eigenvalue weighted by molar-refractivity contribution is 7.99. The first-order valence-corrected chi connectivity index (χ1v) is 12.0. The fourth-order valence-corrected chi connectivity index (χ4v) is 5.08. The Hall–Kier alpha value is -1.60. The maximum absolute atomic E-state index is 13.5. The third-order valence-corrected chi connectivity index (χ3v) is 6.93. The fourth-order valence-electron chi connectivity index (χ4n) is 3.30. The van der Waals surface area contributed by atoms with Gasteiger partial charge in [-0.3, -0.25) is 9.69 Å². The molecule has 0 spiro atoms. The molecule has 162 valence electrons. The van der Waals surface area contributed by atoms with Crippen LogP contribution in [0.1, 0.15) is 36.7 Å². The van der Waals surface area contributed by atoms with Crippen LogP contribution in [0, 0.1) is 6.92 Å². The Morgan fingerprint density at radius 2 is 1.80 bits per heavy atom. The zero-order chi connectivity index (χ0) is 20.8. The molecule has 0 aliphatic carbocycles. The molecule has 0 saturated heterocycles. The average molecular weight is 464 g/mol. The van der Waals surface area contributed by atoms with Gasteiger partial charge in [0.25, 0.3) is 5.91 Å². The van der Waals surface area contributed by atoms with Gasteiger partial charge in [-0.1, -0.05) is 50.3 Å². The van der Waals surface area contributed by atoms with Crippen molar-refractivity contribution < 1.29 is 4.79 Å². The second-order valence-electron chi connectivity index (χ2n) is 6.86. The lowest BCUT2D eigenvalue weighted by atomic mass is 10.2. The molecule has 1 amide bonds. The molecular weight excluding hydrogens is 434 g/mol. The number of thiazole rings is 1. The van der Waals surface area contributed by atoms with E-state index < -0.39 is 0 Å². The number of hydrogen-bond acceptors (Lipinski definition) is 5. The Kier molecular flexibility index (Phi) is 9.62. The van der Waals surface area contributed by atoms with Gasteiger partial charge in [0.1, 0.15) is 0 Å². The summed E-state index contributed by atoms with van der Waals surface area (Å²) in [5, 5.41) is 0.778. The fraction of sp³-hybridized carbons (Fsp3) is 0.391. The molecule has 0 atom stereocenters. The van der Waals surface area contributed by atoms with E-state index in [1.54, 1.807) is 23.1 Å². The van der Waals surface area contributed by atoms with Crippen molar-refractivity contribution in [2.75, 3.05) is 36.8 Å². The molecule has 0 saturated carbocycles. The van der Waals surface area contributed by atoms with Crippen molar-refractivity contribution in [2.24, 2.45) is 0 Å². The lowest BCUT2D eigenvalue weighted by Gasteiger charge is -2.25. The second kappa shape index (κ2) is 11.7. The molecule has 4 nitrogen and oxygen atoms in total. The summed E-state index contributed by atoms with van der Waals surface area (Å²) >= 11 is 3.35. The van der Waals surface area contributed by atoms with Crippen LogP contribution < -0.4 is 4.90 Å². The highest BCUT2D eigenvalue weighted by Crippen LogP contribution is 2.31. The highest BCUT2D eigenvalue weighted by atomic mass is 35.5. The Bertz CT molecular complexity index is 972. The Morgan fingerprint density at radius 1 is 1.07 bits per heavy atom. The van der Waals surface area contributed by atoms with Gasteiger partial charge in [0.2, 0.25) is 0 Å². The summed E-state index contributed by atoms with van der Waals surface area (Å²) in [6.45, 7) is 11.9. The molecule has 0 fully saturated rings. The lowest BCUT2D eigenvalue weighted by Crippen LogP contribution is -2.38. The van der Waals surface area contributed by atoms with Gasteiger partial charge < -0.3 is 4.90 Å². The number of anilines is 1. The molecule has 3 rings (SSSR count). The number of halogens is 1. The van der Waals surface area contributed by atoms with Crippen molar-refractivity contribution in [1.82, 2.24) is 9.88 Å². The van der Waals surface area contributed by atoms with Crippen LogP contribution >= 0.6 is 35.5 Å². The third-order valence-electron chi connectivity index (χ3n) is 5.01. The molecule has 0 N–H and O–H groups in total. The molecule has 1 aromatic heterocycles. The average Bonchev–Trinajstić information content (AvgIpc) is 3.17. The van der Waals surface area contributed by atoms with Crippen molar-refractivity contribution in [3.63, 3.8) is 0 Å². The van der Waals surface area contributed by atoms with Gasteiger partial charge in [0.15, 0.2) is 5.13 Å². The number of thioether (sulfide) groups is 1. The zero-order valence-corrected chi connectivity index (χ0v) is 20.5. The van der Waals surface area contributed by atoms with Crippen molar-refractivity contribution in [2.45, 2.75) is 32.6 Å². The molecule has 2 aromatic carbocycles. The maximum atomic E-state index is 13.5. The lowest BCUT2D eigenvalue weighted by molar-refractivity contribution is 0.0983. The van der Waals surface area contributed by atoms with Crippen LogP contribution in [0.5, 0.6) is 0 Å². The quantitative estimate of drug-likeness (QED) is 0.358. The van der Waals surface area contributed by atoms with Crippen LogP contribution in [-0.4, -0.2) is 47.7 Å². The molecule has 0 aliphatic rings. The van der Waals surface area contributed by atoms with Gasteiger partial charge in [-0.15, -0.1) is 24.2 Å². The number of aromatic nitrogens is 1. The van der Waals surface area contributed by atoms with Crippen LogP contribution in [0.2, 0.25) is 0 Å². The number of likely N-dealkylation sites (N-methyl/N-ethyl adjacent to an activating group) is 1. The van der Waals surface area contributed by atoms with Crippen molar-refractivity contribution in [3.05, 3.63) is 53.6 Å². The Labute approximate surface area is 194 Å². The monoisotopic (exact) mass is 463 g/mol. The predicted molar refractivity (Wildman–Crippen MR) is 134 cm³/mol. The van der Waals surface area contributed by atoms with E-state index in [-0.39, 0.29) is 18.3 Å². The first-order chi connectivity index (χ1) is 14.1. The number of nitrogens with zero attached hydrogens (tertiary/aromatic N) is 3. The van der Waals surface area contributed by atoms with Gasteiger partial charge in [-0.2, -0.15) is 0 Å². The molecule has 0 aliphatic heterocycles. The number of carbonyl (C=O) groups excluding carboxylic acids is 1. The van der Waals surface area contributed by atoms with Gasteiger partial charge in [-0.25, -0.2) is 4.98 Å². The van der Waals surface area contributed by atoms with Gasteiger partial charge in [0.05, 0.1) is 10.2 Å². The Balaban J connectivity index is 0.00000320. The molecule has 1 heterocycles. The van der Waals surface area contributed by atoms with E-state index in [1.165, 1.54) is 0 Å². The van der Waals surface area contributed by atoms with E-state index in [4.69, 9.17) is 4.98 Å². The molecule has 0 unspecified atom stereocenters. The summed E-state index contributed by atoms with van der Waals surface area (Å²) in [4.78, 5) is 23.7. The summed E-state index contributed by atoms with van der Waals surface area (Å²) in [6.07, 6.45) is 0.